The quantitative estimate of drug-likeness (QED) is 0.533. The van der Waals surface area contributed by atoms with Gasteiger partial charge in [-0.2, -0.15) is 12.6 Å². The Kier molecular flexibility index (Phi) is 3.68. The Labute approximate surface area is 105 Å². The molecule has 0 bridgehead atoms. The summed E-state index contributed by atoms with van der Waals surface area (Å²) in [5.74, 6) is -0.334. The van der Waals surface area contributed by atoms with Crippen molar-refractivity contribution in [2.75, 3.05) is 6.54 Å². The van der Waals surface area contributed by atoms with Crippen LogP contribution in [0.1, 0.15) is 5.56 Å². The summed E-state index contributed by atoms with van der Waals surface area (Å²) in [6.45, 7) is 0.353. The first-order chi connectivity index (χ1) is 8.16. The lowest BCUT2D eigenvalue weighted by molar-refractivity contribution is -0.132. The van der Waals surface area contributed by atoms with Crippen molar-refractivity contribution in [3.8, 4) is 0 Å². The highest BCUT2D eigenvalue weighted by molar-refractivity contribution is 7.81. The molecule has 0 spiro atoms. The van der Waals surface area contributed by atoms with Crippen LogP contribution in [0, 0.1) is 5.92 Å². The van der Waals surface area contributed by atoms with Gasteiger partial charge in [0.15, 0.2) is 0 Å². The average Bonchev–Trinajstić information content (AvgIpc) is 2.30. The molecule has 5 heteroatoms. The van der Waals surface area contributed by atoms with Crippen LogP contribution in [0.5, 0.6) is 0 Å². The van der Waals surface area contributed by atoms with Crippen LogP contribution in [-0.4, -0.2) is 23.7 Å². The molecule has 17 heavy (non-hydrogen) atoms. The van der Waals surface area contributed by atoms with Crippen LogP contribution in [0.2, 0.25) is 0 Å². The largest absolute Gasteiger partial charge is 0.355 e. The summed E-state index contributed by atoms with van der Waals surface area (Å²) >= 11 is 4.16. The Balaban J connectivity index is 1.77. The Morgan fingerprint density at radius 1 is 1.35 bits per heavy atom. The lowest BCUT2D eigenvalue weighted by Gasteiger charge is -2.33. The predicted octanol–water partition coefficient (Wildman–Crippen LogP) is 0.347. The monoisotopic (exact) mass is 250 g/mol. The van der Waals surface area contributed by atoms with Gasteiger partial charge in [-0.05, 0) is 5.56 Å². The maximum Gasteiger partial charge on any atom is 0.228 e. The van der Waals surface area contributed by atoms with E-state index in [-0.39, 0.29) is 23.1 Å². The van der Waals surface area contributed by atoms with Crippen LogP contribution in [0.15, 0.2) is 30.3 Å². The molecule has 1 aliphatic heterocycles. The number of carbonyl (C=O) groups excluding carboxylic acids is 2. The molecule has 0 aromatic heterocycles. The topological polar surface area (TPSA) is 58.2 Å². The number of hydrogen-bond acceptors (Lipinski definition) is 3. The molecule has 1 aromatic carbocycles. The van der Waals surface area contributed by atoms with E-state index in [9.17, 15) is 9.59 Å². The molecule has 2 N–H and O–H groups in total. The van der Waals surface area contributed by atoms with Crippen LogP contribution < -0.4 is 10.6 Å². The third kappa shape index (κ3) is 3.00. The van der Waals surface area contributed by atoms with Gasteiger partial charge in [-0.25, -0.2) is 0 Å². The molecule has 2 amide bonds. The van der Waals surface area contributed by atoms with Crippen molar-refractivity contribution in [1.82, 2.24) is 10.6 Å². The van der Waals surface area contributed by atoms with Crippen molar-refractivity contribution in [2.24, 2.45) is 5.92 Å². The van der Waals surface area contributed by atoms with Crippen molar-refractivity contribution in [3.63, 3.8) is 0 Å². The van der Waals surface area contributed by atoms with Gasteiger partial charge in [0, 0.05) is 6.54 Å². The smallest absolute Gasteiger partial charge is 0.228 e. The lowest BCUT2D eigenvalue weighted by Crippen LogP contribution is -2.59. The van der Waals surface area contributed by atoms with Crippen molar-refractivity contribution in [1.29, 1.82) is 0 Å². The summed E-state index contributed by atoms with van der Waals surface area (Å²) in [5.41, 5.74) is 0.963. The van der Waals surface area contributed by atoms with Crippen LogP contribution in [0.3, 0.4) is 0 Å². The summed E-state index contributed by atoms with van der Waals surface area (Å²) in [6.07, 6.45) is 0.340. The summed E-state index contributed by atoms with van der Waals surface area (Å²) in [7, 11) is 0. The minimum Gasteiger partial charge on any atom is -0.355 e. The zero-order valence-electron chi connectivity index (χ0n) is 9.22. The van der Waals surface area contributed by atoms with Crippen molar-refractivity contribution in [3.05, 3.63) is 35.9 Å². The maximum atomic E-state index is 11.6. The number of hydrogen-bond donors (Lipinski definition) is 3. The Hall–Kier alpha value is -1.49. The minimum absolute atomic E-state index is 0.0509. The molecular weight excluding hydrogens is 236 g/mol. The number of thiol groups is 1. The molecule has 1 aromatic rings. The first-order valence-corrected chi connectivity index (χ1v) is 5.97. The first-order valence-electron chi connectivity index (χ1n) is 5.46. The fourth-order valence-corrected chi connectivity index (χ4v) is 2.04. The second kappa shape index (κ2) is 5.23. The van der Waals surface area contributed by atoms with E-state index in [0.717, 1.165) is 5.56 Å². The van der Waals surface area contributed by atoms with Gasteiger partial charge in [-0.15, -0.1) is 0 Å². The second-order valence-corrected chi connectivity index (χ2v) is 4.58. The highest BCUT2D eigenvalue weighted by Crippen LogP contribution is 2.16. The molecule has 90 valence electrons. The summed E-state index contributed by atoms with van der Waals surface area (Å²) in [5, 5.41) is 5.21. The fourth-order valence-electron chi connectivity index (χ4n) is 1.67. The highest BCUT2D eigenvalue weighted by Gasteiger charge is 2.36. The zero-order chi connectivity index (χ0) is 12.3. The normalized spacial score (nSPS) is 22.5. The van der Waals surface area contributed by atoms with Crippen molar-refractivity contribution >= 4 is 24.4 Å². The molecule has 0 saturated carbocycles. The highest BCUT2D eigenvalue weighted by atomic mass is 32.1. The number of nitrogens with one attached hydrogen (secondary N) is 2. The van der Waals surface area contributed by atoms with E-state index in [1.54, 1.807) is 0 Å². The minimum atomic E-state index is -0.210. The third-order valence-corrected chi connectivity index (χ3v) is 3.22. The molecule has 0 aliphatic carbocycles. The van der Waals surface area contributed by atoms with Gasteiger partial charge in [0.1, 0.15) is 0 Å². The number of benzene rings is 1. The molecule has 1 aliphatic rings. The van der Waals surface area contributed by atoms with Crippen LogP contribution in [-0.2, 0) is 16.0 Å². The Morgan fingerprint density at radius 2 is 2.06 bits per heavy atom. The van der Waals surface area contributed by atoms with Gasteiger partial charge < -0.3 is 10.6 Å². The Bertz CT molecular complexity index is 422. The molecule has 1 fully saturated rings. The van der Waals surface area contributed by atoms with E-state index in [1.807, 2.05) is 30.3 Å². The fraction of sp³-hybridized carbons (Fsp3) is 0.333. The number of rotatable bonds is 4. The molecule has 1 heterocycles. The van der Waals surface area contributed by atoms with E-state index in [1.165, 1.54) is 0 Å². The maximum absolute atomic E-state index is 11.6. The molecule has 0 unspecified atom stereocenters. The Morgan fingerprint density at radius 3 is 2.65 bits per heavy atom. The lowest BCUT2D eigenvalue weighted by atomic mass is 10.0. The molecule has 2 atom stereocenters. The summed E-state index contributed by atoms with van der Waals surface area (Å²) in [6, 6.07) is 9.50. The van der Waals surface area contributed by atoms with E-state index < -0.39 is 0 Å². The molecule has 0 radical (unpaired) electrons. The zero-order valence-corrected chi connectivity index (χ0v) is 10.1. The van der Waals surface area contributed by atoms with Gasteiger partial charge in [-0.3, -0.25) is 9.59 Å². The van der Waals surface area contributed by atoms with Gasteiger partial charge in [0.25, 0.3) is 0 Å². The van der Waals surface area contributed by atoms with Gasteiger partial charge in [-0.1, -0.05) is 30.3 Å². The number of amides is 2. The first kappa shape index (κ1) is 12.0. The molecule has 2 rings (SSSR count). The predicted molar refractivity (Wildman–Crippen MR) is 67.6 cm³/mol. The summed E-state index contributed by atoms with van der Waals surface area (Å²) < 4.78 is 0. The van der Waals surface area contributed by atoms with Crippen LogP contribution in [0.25, 0.3) is 0 Å². The van der Waals surface area contributed by atoms with E-state index >= 15 is 0 Å². The SMILES string of the molecule is O=C(Cc1ccccc1)NC[C@@H]1C(=O)N[C@@H]1S. The van der Waals surface area contributed by atoms with Gasteiger partial charge in [0.2, 0.25) is 11.8 Å². The second-order valence-electron chi connectivity index (χ2n) is 4.03. The summed E-state index contributed by atoms with van der Waals surface area (Å²) in [4.78, 5) is 22.7. The van der Waals surface area contributed by atoms with Crippen molar-refractivity contribution < 1.29 is 9.59 Å². The van der Waals surface area contributed by atoms with Gasteiger partial charge in [0.05, 0.1) is 17.7 Å². The standard InChI is InChI=1S/C12H14N2O2S/c15-10(6-8-4-2-1-3-5-8)13-7-9-11(16)14-12(9)17/h1-5,9,12,17H,6-7H2,(H,13,15)(H,14,16)/t9-,12-/m1/s1. The molecule has 4 nitrogen and oxygen atoms in total. The number of β-lactam (4-membered cyclic amide) rings is 1. The third-order valence-electron chi connectivity index (χ3n) is 2.73. The van der Waals surface area contributed by atoms with E-state index in [4.69, 9.17) is 0 Å². The van der Waals surface area contributed by atoms with Crippen LogP contribution in [0.4, 0.5) is 0 Å². The van der Waals surface area contributed by atoms with E-state index in [2.05, 4.69) is 23.3 Å². The van der Waals surface area contributed by atoms with Crippen LogP contribution >= 0.6 is 12.6 Å². The van der Waals surface area contributed by atoms with E-state index in [0.29, 0.717) is 13.0 Å². The average molecular weight is 250 g/mol. The van der Waals surface area contributed by atoms with Crippen molar-refractivity contribution in [2.45, 2.75) is 11.8 Å². The molecule has 1 saturated heterocycles. The van der Waals surface area contributed by atoms with Gasteiger partial charge >= 0.3 is 0 Å². The molecular formula is C12H14N2O2S. The number of carbonyl (C=O) groups is 2.